The summed E-state index contributed by atoms with van der Waals surface area (Å²) in [6.45, 7) is 9.26. The van der Waals surface area contributed by atoms with Gasteiger partial charge in [0.05, 0.1) is 0 Å². The highest BCUT2D eigenvalue weighted by atomic mass is 14.5. The quantitative estimate of drug-likeness (QED) is 0.331. The minimum Gasteiger partial charge on any atom is -0.330 e. The zero-order valence-corrected chi connectivity index (χ0v) is 17.5. The molecule has 0 saturated heterocycles. The molecule has 24 heavy (non-hydrogen) atoms. The molecule has 3 heteroatoms. The standard InChI is InChI=1S/C8H19N.C7H17N.C6H15N/c1-2-3-4-5-6-7-8-9;1-2-3-4-5-6-7-8;1-2-3-4-5-6-7/h2-9H2,1H3;2-8H2,1H3;2-7H2,1H3. The van der Waals surface area contributed by atoms with Crippen LogP contribution in [0.1, 0.15) is 117 Å². The van der Waals surface area contributed by atoms with Crippen LogP contribution in [0.5, 0.6) is 0 Å². The second-order valence-corrected chi connectivity index (χ2v) is 6.61. The summed E-state index contributed by atoms with van der Waals surface area (Å²) in [4.78, 5) is 0. The Morgan fingerprint density at radius 3 is 0.792 bits per heavy atom. The highest BCUT2D eigenvalue weighted by Crippen LogP contribution is 2.03. The molecule has 0 aromatic rings. The Morgan fingerprint density at radius 2 is 0.542 bits per heavy atom. The van der Waals surface area contributed by atoms with Crippen LogP contribution >= 0.6 is 0 Å². The van der Waals surface area contributed by atoms with Gasteiger partial charge in [-0.25, -0.2) is 0 Å². The number of nitrogens with two attached hydrogens (primary N) is 3. The second kappa shape index (κ2) is 34.3. The molecule has 0 amide bonds. The van der Waals surface area contributed by atoms with Crippen molar-refractivity contribution in [3.63, 3.8) is 0 Å². The summed E-state index contributed by atoms with van der Waals surface area (Å²) in [6.07, 6.45) is 19.8. The van der Waals surface area contributed by atoms with Gasteiger partial charge in [-0.3, -0.25) is 0 Å². The van der Waals surface area contributed by atoms with Crippen molar-refractivity contribution in [1.82, 2.24) is 0 Å². The molecule has 0 unspecified atom stereocenters. The Labute approximate surface area is 154 Å². The Hall–Kier alpha value is -0.120. The van der Waals surface area contributed by atoms with Crippen LogP contribution in [0.3, 0.4) is 0 Å². The lowest BCUT2D eigenvalue weighted by molar-refractivity contribution is 0.612. The number of rotatable bonds is 15. The molecule has 150 valence electrons. The summed E-state index contributed by atoms with van der Waals surface area (Å²) in [7, 11) is 0. The average Bonchev–Trinajstić information content (AvgIpc) is 2.60. The fraction of sp³-hybridized carbons (Fsp3) is 1.00. The van der Waals surface area contributed by atoms with Gasteiger partial charge in [-0.1, -0.05) is 97.8 Å². The van der Waals surface area contributed by atoms with Crippen molar-refractivity contribution in [3.05, 3.63) is 0 Å². The molecular weight excluding hydrogens is 294 g/mol. The van der Waals surface area contributed by atoms with Gasteiger partial charge in [-0.15, -0.1) is 0 Å². The Balaban J connectivity index is -0.000000278. The molecule has 0 fully saturated rings. The Kier molecular flexibility index (Phi) is 40.9. The predicted molar refractivity (Wildman–Crippen MR) is 113 cm³/mol. The number of hydrogen-bond acceptors (Lipinski definition) is 3. The monoisotopic (exact) mass is 345 g/mol. The van der Waals surface area contributed by atoms with Crippen molar-refractivity contribution >= 4 is 0 Å². The van der Waals surface area contributed by atoms with Crippen LogP contribution in [0.2, 0.25) is 0 Å². The lowest BCUT2D eigenvalue weighted by atomic mass is 10.1. The van der Waals surface area contributed by atoms with Crippen molar-refractivity contribution in [2.75, 3.05) is 19.6 Å². The van der Waals surface area contributed by atoms with E-state index in [-0.39, 0.29) is 0 Å². The van der Waals surface area contributed by atoms with Gasteiger partial charge in [0.2, 0.25) is 0 Å². The van der Waals surface area contributed by atoms with E-state index in [1.807, 2.05) is 0 Å². The van der Waals surface area contributed by atoms with Crippen LogP contribution in [-0.4, -0.2) is 19.6 Å². The van der Waals surface area contributed by atoms with Crippen LogP contribution in [0.25, 0.3) is 0 Å². The lowest BCUT2D eigenvalue weighted by Gasteiger charge is -1.96. The molecule has 0 aliphatic carbocycles. The van der Waals surface area contributed by atoms with E-state index in [1.165, 1.54) is 96.3 Å². The van der Waals surface area contributed by atoms with E-state index in [9.17, 15) is 0 Å². The van der Waals surface area contributed by atoms with Crippen LogP contribution in [0.15, 0.2) is 0 Å². The largest absolute Gasteiger partial charge is 0.330 e. The van der Waals surface area contributed by atoms with Gasteiger partial charge in [0.25, 0.3) is 0 Å². The summed E-state index contributed by atoms with van der Waals surface area (Å²) in [6, 6.07) is 0. The topological polar surface area (TPSA) is 78.1 Å². The van der Waals surface area contributed by atoms with Gasteiger partial charge >= 0.3 is 0 Å². The smallest absolute Gasteiger partial charge is 0.00773 e. The molecule has 0 bridgehead atoms. The van der Waals surface area contributed by atoms with E-state index in [4.69, 9.17) is 17.2 Å². The molecule has 0 aliphatic rings. The van der Waals surface area contributed by atoms with Gasteiger partial charge in [0.15, 0.2) is 0 Å². The summed E-state index contributed by atoms with van der Waals surface area (Å²) in [5, 5.41) is 0. The van der Waals surface area contributed by atoms with E-state index in [0.717, 1.165) is 19.6 Å². The maximum atomic E-state index is 5.34. The molecule has 0 aromatic carbocycles. The fourth-order valence-electron chi connectivity index (χ4n) is 2.24. The minimum absolute atomic E-state index is 0.861. The fourth-order valence-corrected chi connectivity index (χ4v) is 2.24. The first kappa shape index (κ1) is 28.7. The third-order valence-corrected chi connectivity index (χ3v) is 3.92. The molecule has 6 N–H and O–H groups in total. The number of hydrogen-bond donors (Lipinski definition) is 3. The Morgan fingerprint density at radius 1 is 0.333 bits per heavy atom. The maximum absolute atomic E-state index is 5.34. The predicted octanol–water partition coefficient (Wildman–Crippen LogP) is 5.75. The van der Waals surface area contributed by atoms with E-state index >= 15 is 0 Å². The third kappa shape index (κ3) is 43.1. The zero-order valence-electron chi connectivity index (χ0n) is 17.5. The number of unbranched alkanes of at least 4 members (excludes halogenated alkanes) is 12. The second-order valence-electron chi connectivity index (χ2n) is 6.61. The summed E-state index contributed by atoms with van der Waals surface area (Å²) < 4.78 is 0. The van der Waals surface area contributed by atoms with Gasteiger partial charge in [-0.2, -0.15) is 0 Å². The van der Waals surface area contributed by atoms with Crippen molar-refractivity contribution in [1.29, 1.82) is 0 Å². The normalized spacial score (nSPS) is 9.75. The molecule has 0 rings (SSSR count). The van der Waals surface area contributed by atoms with Crippen LogP contribution in [-0.2, 0) is 0 Å². The highest BCUT2D eigenvalue weighted by Gasteiger charge is 1.86. The first-order valence-corrected chi connectivity index (χ1v) is 10.8. The molecule has 0 spiro atoms. The summed E-state index contributed by atoms with van der Waals surface area (Å²) in [5.74, 6) is 0. The van der Waals surface area contributed by atoms with Gasteiger partial charge in [0.1, 0.15) is 0 Å². The lowest BCUT2D eigenvalue weighted by Crippen LogP contribution is -1.97. The first-order valence-electron chi connectivity index (χ1n) is 10.8. The van der Waals surface area contributed by atoms with Gasteiger partial charge in [-0.05, 0) is 38.9 Å². The van der Waals surface area contributed by atoms with E-state index < -0.39 is 0 Å². The van der Waals surface area contributed by atoms with Crippen molar-refractivity contribution in [2.24, 2.45) is 17.2 Å². The van der Waals surface area contributed by atoms with Crippen LogP contribution < -0.4 is 17.2 Å². The van der Waals surface area contributed by atoms with Crippen molar-refractivity contribution < 1.29 is 0 Å². The molecule has 0 saturated carbocycles. The van der Waals surface area contributed by atoms with E-state index in [2.05, 4.69) is 20.8 Å². The Bertz CT molecular complexity index is 147. The third-order valence-electron chi connectivity index (χ3n) is 3.92. The zero-order chi connectivity index (χ0) is 18.7. The minimum atomic E-state index is 0.861. The first-order chi connectivity index (χ1) is 11.7. The van der Waals surface area contributed by atoms with Crippen molar-refractivity contribution in [3.8, 4) is 0 Å². The SMILES string of the molecule is CCCCCCCCN.CCCCCCCN.CCCCCCN. The van der Waals surface area contributed by atoms with Crippen molar-refractivity contribution in [2.45, 2.75) is 117 Å². The van der Waals surface area contributed by atoms with Crippen LogP contribution in [0.4, 0.5) is 0 Å². The molecular formula is C21H51N3. The summed E-state index contributed by atoms with van der Waals surface area (Å²) >= 11 is 0. The van der Waals surface area contributed by atoms with E-state index in [0.29, 0.717) is 0 Å². The van der Waals surface area contributed by atoms with E-state index in [1.54, 1.807) is 0 Å². The maximum Gasteiger partial charge on any atom is -0.00773 e. The molecule has 0 radical (unpaired) electrons. The average molecular weight is 346 g/mol. The highest BCUT2D eigenvalue weighted by molar-refractivity contribution is 4.43. The van der Waals surface area contributed by atoms with Gasteiger partial charge in [0, 0.05) is 0 Å². The van der Waals surface area contributed by atoms with Crippen LogP contribution in [0, 0.1) is 0 Å². The molecule has 0 aliphatic heterocycles. The summed E-state index contributed by atoms with van der Waals surface area (Å²) in [5.41, 5.74) is 15.9. The molecule has 3 nitrogen and oxygen atoms in total. The van der Waals surface area contributed by atoms with Gasteiger partial charge < -0.3 is 17.2 Å². The molecule has 0 aromatic heterocycles. The molecule has 0 atom stereocenters. The molecule has 0 heterocycles.